The number of halogens is 3. The summed E-state index contributed by atoms with van der Waals surface area (Å²) >= 11 is 0. The van der Waals surface area contributed by atoms with Gasteiger partial charge in [-0.05, 0) is 25.0 Å². The number of nitrogens with zero attached hydrogens (tertiary/aromatic N) is 2. The predicted molar refractivity (Wildman–Crippen MR) is 94.0 cm³/mol. The normalized spacial score (nSPS) is 19.4. The molecule has 1 aromatic carbocycles. The van der Waals surface area contributed by atoms with Gasteiger partial charge < -0.3 is 4.74 Å². The van der Waals surface area contributed by atoms with Crippen LogP contribution in [0, 0.1) is 5.92 Å². The lowest BCUT2D eigenvalue weighted by Crippen LogP contribution is -2.35. The van der Waals surface area contributed by atoms with Gasteiger partial charge in [0.25, 0.3) is 0 Å². The molecule has 3 rings (SSSR count). The number of benzene rings is 1. The zero-order chi connectivity index (χ0) is 19.6. The third-order valence-electron chi connectivity index (χ3n) is 4.58. The number of carbonyl (C=O) groups excluding carboxylic acids is 1. The average Bonchev–Trinajstić information content (AvgIpc) is 3.08. The number of alkyl halides is 3. The number of esters is 1. The van der Waals surface area contributed by atoms with Crippen LogP contribution in [-0.4, -0.2) is 28.5 Å². The first-order chi connectivity index (χ1) is 12.9. The van der Waals surface area contributed by atoms with Crippen LogP contribution in [0.3, 0.4) is 0 Å². The van der Waals surface area contributed by atoms with Crippen LogP contribution in [-0.2, 0) is 15.7 Å². The smallest absolute Gasteiger partial charge is 0.416 e. The third kappa shape index (κ3) is 3.61. The summed E-state index contributed by atoms with van der Waals surface area (Å²) in [6, 6.07) is 5.32. The molecule has 0 aliphatic carbocycles. The number of hydrogen-bond acceptors (Lipinski definition) is 4. The number of rotatable bonds is 5. The van der Waals surface area contributed by atoms with E-state index in [2.05, 4.69) is 15.2 Å². The van der Waals surface area contributed by atoms with Crippen molar-refractivity contribution in [1.82, 2.24) is 10.2 Å². The molecule has 27 heavy (non-hydrogen) atoms. The standard InChI is InChI=1S/C19H20F3N3O2/c1-3-7-14-16(18(26)27-4-2)15(12-10-23-25-17(12)24-14)11-8-5-6-9-13(11)19(20,21)22/h5-6,8-10,15-16H,3-4,7H2,1-2H3,(H,23,25). The summed E-state index contributed by atoms with van der Waals surface area (Å²) in [7, 11) is 0. The molecule has 0 amide bonds. The summed E-state index contributed by atoms with van der Waals surface area (Å²) in [5, 5.41) is 6.66. The van der Waals surface area contributed by atoms with Crippen molar-refractivity contribution in [2.45, 2.75) is 38.8 Å². The Hall–Kier alpha value is -2.64. The fraction of sp³-hybridized carbons (Fsp3) is 0.421. The van der Waals surface area contributed by atoms with Crippen molar-refractivity contribution < 1.29 is 22.7 Å². The van der Waals surface area contributed by atoms with Gasteiger partial charge in [0.05, 0.1) is 18.4 Å². The van der Waals surface area contributed by atoms with Crippen LogP contribution < -0.4 is 0 Å². The molecule has 5 nitrogen and oxygen atoms in total. The van der Waals surface area contributed by atoms with Crippen molar-refractivity contribution in [1.29, 1.82) is 0 Å². The van der Waals surface area contributed by atoms with Gasteiger partial charge in [-0.25, -0.2) is 4.99 Å². The van der Waals surface area contributed by atoms with E-state index < -0.39 is 29.5 Å². The van der Waals surface area contributed by atoms with Gasteiger partial charge in [0.2, 0.25) is 0 Å². The number of carbonyl (C=O) groups is 1. The fourth-order valence-corrected chi connectivity index (χ4v) is 3.54. The number of H-pyrrole nitrogens is 1. The SMILES string of the molecule is CCCC1=Nc2[nH]ncc2C(c2ccccc2C(F)(F)F)C1C(=O)OCC. The first-order valence-electron chi connectivity index (χ1n) is 8.81. The Morgan fingerprint density at radius 3 is 2.63 bits per heavy atom. The van der Waals surface area contributed by atoms with E-state index in [-0.39, 0.29) is 12.2 Å². The van der Waals surface area contributed by atoms with Gasteiger partial charge in [0, 0.05) is 17.2 Å². The Balaban J connectivity index is 2.22. The Kier molecular flexibility index (Phi) is 5.34. The second-order valence-electron chi connectivity index (χ2n) is 6.32. The van der Waals surface area contributed by atoms with Crippen LogP contribution in [0.5, 0.6) is 0 Å². The number of hydrogen-bond donors (Lipinski definition) is 1. The molecule has 0 spiro atoms. The maximum Gasteiger partial charge on any atom is 0.416 e. The molecule has 1 aliphatic heterocycles. The summed E-state index contributed by atoms with van der Waals surface area (Å²) in [6.07, 6.45) is -1.93. The van der Waals surface area contributed by atoms with Crippen LogP contribution in [0.15, 0.2) is 35.5 Å². The maximum atomic E-state index is 13.7. The van der Waals surface area contributed by atoms with E-state index in [4.69, 9.17) is 4.74 Å². The van der Waals surface area contributed by atoms with Crippen molar-refractivity contribution in [3.05, 3.63) is 47.2 Å². The molecule has 1 N–H and O–H groups in total. The molecule has 0 radical (unpaired) electrons. The summed E-state index contributed by atoms with van der Waals surface area (Å²) in [6.45, 7) is 3.73. The van der Waals surface area contributed by atoms with Crippen molar-refractivity contribution in [3.63, 3.8) is 0 Å². The molecule has 0 saturated carbocycles. The summed E-state index contributed by atoms with van der Waals surface area (Å²) in [5.74, 6) is -1.97. The largest absolute Gasteiger partial charge is 0.465 e. The minimum atomic E-state index is -4.54. The lowest BCUT2D eigenvalue weighted by Gasteiger charge is -2.31. The molecule has 8 heteroatoms. The Morgan fingerprint density at radius 2 is 1.96 bits per heavy atom. The van der Waals surface area contributed by atoms with Crippen molar-refractivity contribution in [2.24, 2.45) is 10.9 Å². The lowest BCUT2D eigenvalue weighted by molar-refractivity contribution is -0.147. The molecule has 0 saturated heterocycles. The maximum absolute atomic E-state index is 13.7. The Bertz CT molecular complexity index is 858. The van der Waals surface area contributed by atoms with Crippen LogP contribution >= 0.6 is 0 Å². The first-order valence-corrected chi connectivity index (χ1v) is 8.81. The second-order valence-corrected chi connectivity index (χ2v) is 6.32. The van der Waals surface area contributed by atoms with E-state index in [1.807, 2.05) is 6.92 Å². The predicted octanol–water partition coefficient (Wildman–Crippen LogP) is 4.63. The highest BCUT2D eigenvalue weighted by molar-refractivity contribution is 6.06. The number of aromatic amines is 1. The van der Waals surface area contributed by atoms with Crippen LogP contribution in [0.4, 0.5) is 19.0 Å². The van der Waals surface area contributed by atoms with Gasteiger partial charge in [-0.3, -0.25) is 9.89 Å². The summed E-state index contributed by atoms with van der Waals surface area (Å²) in [5.41, 5.74) is 0.225. The topological polar surface area (TPSA) is 67.3 Å². The van der Waals surface area contributed by atoms with Crippen LogP contribution in [0.1, 0.15) is 49.3 Å². The zero-order valence-electron chi connectivity index (χ0n) is 15.0. The fourth-order valence-electron chi connectivity index (χ4n) is 3.54. The Labute approximate surface area is 154 Å². The molecule has 0 fully saturated rings. The van der Waals surface area contributed by atoms with E-state index in [1.165, 1.54) is 24.4 Å². The highest BCUT2D eigenvalue weighted by Gasteiger charge is 2.44. The lowest BCUT2D eigenvalue weighted by atomic mass is 9.74. The summed E-state index contributed by atoms with van der Waals surface area (Å²) < 4.78 is 46.2. The minimum absolute atomic E-state index is 0.0224. The van der Waals surface area contributed by atoms with Gasteiger partial charge in [-0.2, -0.15) is 18.3 Å². The molecular formula is C19H20F3N3O2. The molecule has 2 heterocycles. The van der Waals surface area contributed by atoms with Gasteiger partial charge >= 0.3 is 12.1 Å². The quantitative estimate of drug-likeness (QED) is 0.771. The molecule has 144 valence electrons. The van der Waals surface area contributed by atoms with Crippen molar-refractivity contribution in [2.75, 3.05) is 6.61 Å². The number of nitrogens with one attached hydrogen (secondary N) is 1. The molecule has 0 bridgehead atoms. The summed E-state index contributed by atoms with van der Waals surface area (Å²) in [4.78, 5) is 17.2. The van der Waals surface area contributed by atoms with E-state index >= 15 is 0 Å². The molecule has 1 aliphatic rings. The Morgan fingerprint density at radius 1 is 1.22 bits per heavy atom. The van der Waals surface area contributed by atoms with Crippen LogP contribution in [0.2, 0.25) is 0 Å². The van der Waals surface area contributed by atoms with Gasteiger partial charge in [-0.1, -0.05) is 31.5 Å². The minimum Gasteiger partial charge on any atom is -0.465 e. The van der Waals surface area contributed by atoms with Crippen molar-refractivity contribution >= 4 is 17.5 Å². The van der Waals surface area contributed by atoms with E-state index in [1.54, 1.807) is 6.92 Å². The molecule has 1 aromatic heterocycles. The third-order valence-corrected chi connectivity index (χ3v) is 4.58. The van der Waals surface area contributed by atoms with Crippen molar-refractivity contribution in [3.8, 4) is 0 Å². The van der Waals surface area contributed by atoms with Crippen LogP contribution in [0.25, 0.3) is 0 Å². The number of aromatic nitrogens is 2. The highest BCUT2D eigenvalue weighted by Crippen LogP contribution is 2.46. The molecular weight excluding hydrogens is 359 g/mol. The van der Waals surface area contributed by atoms with Gasteiger partial charge in [0.1, 0.15) is 5.92 Å². The molecule has 2 atom stereocenters. The van der Waals surface area contributed by atoms with E-state index in [9.17, 15) is 18.0 Å². The molecule has 2 aromatic rings. The van der Waals surface area contributed by atoms with Gasteiger partial charge in [-0.15, -0.1) is 0 Å². The van der Waals surface area contributed by atoms with Gasteiger partial charge in [0.15, 0.2) is 5.82 Å². The molecule has 2 unspecified atom stereocenters. The first kappa shape index (κ1) is 19.1. The number of fused-ring (bicyclic) bond motifs is 1. The zero-order valence-corrected chi connectivity index (χ0v) is 15.0. The highest BCUT2D eigenvalue weighted by atomic mass is 19.4. The second kappa shape index (κ2) is 7.54. The number of aliphatic imine (C=N–C) groups is 1. The van der Waals surface area contributed by atoms with E-state index in [0.29, 0.717) is 29.9 Å². The monoisotopic (exact) mass is 379 g/mol. The average molecular weight is 379 g/mol. The van der Waals surface area contributed by atoms with E-state index in [0.717, 1.165) is 6.07 Å². The number of ether oxygens (including phenoxy) is 1.